The van der Waals surface area contributed by atoms with Gasteiger partial charge < -0.3 is 9.52 Å². The summed E-state index contributed by atoms with van der Waals surface area (Å²) in [6, 6.07) is 0. The molecular weight excluding hydrogens is 220 g/mol. The second kappa shape index (κ2) is 5.09. The Morgan fingerprint density at radius 1 is 1.41 bits per heavy atom. The molecule has 0 amide bonds. The van der Waals surface area contributed by atoms with Crippen LogP contribution in [0.3, 0.4) is 0 Å². The van der Waals surface area contributed by atoms with Crippen LogP contribution >= 0.6 is 0 Å². The quantitative estimate of drug-likeness (QED) is 0.833. The van der Waals surface area contributed by atoms with Crippen LogP contribution in [0.2, 0.25) is 0 Å². The highest BCUT2D eigenvalue weighted by Gasteiger charge is 2.07. The molecule has 2 aromatic heterocycles. The second-order valence-electron chi connectivity index (χ2n) is 3.98. The van der Waals surface area contributed by atoms with E-state index in [1.807, 2.05) is 20.0 Å². The van der Waals surface area contributed by atoms with Crippen LogP contribution in [0.5, 0.6) is 0 Å². The van der Waals surface area contributed by atoms with Gasteiger partial charge in [0.2, 0.25) is 5.89 Å². The SMILES string of the molecule is Cc1nc(Cn2cc(CCCO)nn2)oc1C. The number of oxazole rings is 1. The van der Waals surface area contributed by atoms with Gasteiger partial charge in [0.05, 0.1) is 11.4 Å². The van der Waals surface area contributed by atoms with Crippen molar-refractivity contribution in [3.8, 4) is 0 Å². The maximum atomic E-state index is 8.72. The van der Waals surface area contributed by atoms with E-state index in [9.17, 15) is 0 Å². The van der Waals surface area contributed by atoms with E-state index in [0.29, 0.717) is 18.9 Å². The van der Waals surface area contributed by atoms with Crippen molar-refractivity contribution < 1.29 is 9.52 Å². The molecule has 0 atom stereocenters. The molecular formula is C11H16N4O2. The lowest BCUT2D eigenvalue weighted by molar-refractivity contribution is 0.288. The molecule has 1 N–H and O–H groups in total. The molecule has 0 aliphatic carbocycles. The van der Waals surface area contributed by atoms with E-state index in [-0.39, 0.29) is 6.61 Å². The third-order valence-electron chi connectivity index (χ3n) is 2.55. The van der Waals surface area contributed by atoms with Gasteiger partial charge in [-0.15, -0.1) is 5.10 Å². The second-order valence-corrected chi connectivity index (χ2v) is 3.98. The van der Waals surface area contributed by atoms with Gasteiger partial charge in [-0.2, -0.15) is 0 Å². The van der Waals surface area contributed by atoms with Crippen molar-refractivity contribution in [2.24, 2.45) is 0 Å². The zero-order chi connectivity index (χ0) is 12.3. The first-order chi connectivity index (χ1) is 8.19. The van der Waals surface area contributed by atoms with Crippen molar-refractivity contribution >= 4 is 0 Å². The van der Waals surface area contributed by atoms with Crippen LogP contribution in [0.4, 0.5) is 0 Å². The summed E-state index contributed by atoms with van der Waals surface area (Å²) in [5, 5.41) is 16.7. The molecule has 6 heteroatoms. The topological polar surface area (TPSA) is 77.0 Å². The van der Waals surface area contributed by atoms with Gasteiger partial charge in [-0.05, 0) is 26.7 Å². The van der Waals surface area contributed by atoms with Crippen molar-refractivity contribution in [3.63, 3.8) is 0 Å². The lowest BCUT2D eigenvalue weighted by Gasteiger charge is -1.94. The normalized spacial score (nSPS) is 11.0. The molecule has 0 unspecified atom stereocenters. The van der Waals surface area contributed by atoms with Gasteiger partial charge in [0.25, 0.3) is 0 Å². The van der Waals surface area contributed by atoms with E-state index in [1.54, 1.807) is 4.68 Å². The fourth-order valence-electron chi connectivity index (χ4n) is 1.54. The monoisotopic (exact) mass is 236 g/mol. The lowest BCUT2D eigenvalue weighted by atomic mass is 10.3. The fourth-order valence-corrected chi connectivity index (χ4v) is 1.54. The number of aryl methyl sites for hydroxylation is 3. The molecule has 6 nitrogen and oxygen atoms in total. The zero-order valence-electron chi connectivity index (χ0n) is 10.1. The molecule has 0 saturated carbocycles. The Labute approximate surface area is 99.3 Å². The van der Waals surface area contributed by atoms with E-state index >= 15 is 0 Å². The third kappa shape index (κ3) is 2.91. The molecule has 2 heterocycles. The Balaban J connectivity index is 2.01. The summed E-state index contributed by atoms with van der Waals surface area (Å²) in [7, 11) is 0. The highest BCUT2D eigenvalue weighted by Crippen LogP contribution is 2.09. The van der Waals surface area contributed by atoms with E-state index in [1.165, 1.54) is 0 Å². The first-order valence-corrected chi connectivity index (χ1v) is 5.62. The maximum Gasteiger partial charge on any atom is 0.216 e. The van der Waals surface area contributed by atoms with Crippen LogP contribution in [-0.2, 0) is 13.0 Å². The van der Waals surface area contributed by atoms with E-state index < -0.39 is 0 Å². The van der Waals surface area contributed by atoms with Crippen LogP contribution in [0.1, 0.15) is 29.5 Å². The average Bonchev–Trinajstić information content (AvgIpc) is 2.85. The molecule has 17 heavy (non-hydrogen) atoms. The van der Waals surface area contributed by atoms with E-state index in [0.717, 1.165) is 23.6 Å². The Morgan fingerprint density at radius 2 is 2.24 bits per heavy atom. The minimum Gasteiger partial charge on any atom is -0.444 e. The number of hydrogen-bond donors (Lipinski definition) is 1. The van der Waals surface area contributed by atoms with Gasteiger partial charge in [-0.1, -0.05) is 5.21 Å². The molecule has 92 valence electrons. The number of nitrogens with zero attached hydrogens (tertiary/aromatic N) is 4. The Morgan fingerprint density at radius 3 is 2.88 bits per heavy atom. The highest BCUT2D eigenvalue weighted by molar-refractivity contribution is 5.05. The number of hydrogen-bond acceptors (Lipinski definition) is 5. The molecule has 0 aliphatic rings. The zero-order valence-corrected chi connectivity index (χ0v) is 10.1. The van der Waals surface area contributed by atoms with Crippen LogP contribution in [-0.4, -0.2) is 31.7 Å². The minimum absolute atomic E-state index is 0.172. The van der Waals surface area contributed by atoms with Crippen molar-refractivity contribution in [1.29, 1.82) is 0 Å². The summed E-state index contributed by atoms with van der Waals surface area (Å²) < 4.78 is 7.16. The van der Waals surface area contributed by atoms with Gasteiger partial charge in [0.1, 0.15) is 12.3 Å². The molecule has 0 bridgehead atoms. The summed E-state index contributed by atoms with van der Waals surface area (Å²) in [5.41, 5.74) is 1.78. The molecule has 0 aromatic carbocycles. The van der Waals surface area contributed by atoms with Crippen LogP contribution in [0.15, 0.2) is 10.6 Å². The minimum atomic E-state index is 0.172. The first-order valence-electron chi connectivity index (χ1n) is 5.62. The molecule has 0 aliphatic heterocycles. The van der Waals surface area contributed by atoms with Gasteiger partial charge in [0.15, 0.2) is 0 Å². The Bertz CT molecular complexity index is 470. The van der Waals surface area contributed by atoms with Crippen LogP contribution in [0, 0.1) is 13.8 Å². The van der Waals surface area contributed by atoms with Crippen molar-refractivity contribution in [2.75, 3.05) is 6.61 Å². The summed E-state index contributed by atoms with van der Waals surface area (Å²) >= 11 is 0. The van der Waals surface area contributed by atoms with Crippen LogP contribution in [0.25, 0.3) is 0 Å². The summed E-state index contributed by atoms with van der Waals surface area (Å²) in [6.07, 6.45) is 3.29. The van der Waals surface area contributed by atoms with Crippen molar-refractivity contribution in [2.45, 2.75) is 33.2 Å². The van der Waals surface area contributed by atoms with Crippen molar-refractivity contribution in [1.82, 2.24) is 20.0 Å². The first kappa shape index (κ1) is 11.8. The van der Waals surface area contributed by atoms with E-state index in [2.05, 4.69) is 15.3 Å². The highest BCUT2D eigenvalue weighted by atomic mass is 16.4. The summed E-state index contributed by atoms with van der Waals surface area (Å²) in [4.78, 5) is 4.28. The molecule has 0 fully saturated rings. The summed E-state index contributed by atoms with van der Waals surface area (Å²) in [5.74, 6) is 1.47. The number of aromatic nitrogens is 4. The number of rotatable bonds is 5. The largest absolute Gasteiger partial charge is 0.444 e. The van der Waals surface area contributed by atoms with Gasteiger partial charge >= 0.3 is 0 Å². The average molecular weight is 236 g/mol. The smallest absolute Gasteiger partial charge is 0.216 e. The standard InChI is InChI=1S/C11H16N4O2/c1-8-9(2)17-11(12-8)7-15-6-10(13-14-15)4-3-5-16/h6,16H,3-5,7H2,1-2H3. The summed E-state index contributed by atoms with van der Waals surface area (Å²) in [6.45, 7) is 4.46. The molecule has 0 radical (unpaired) electrons. The maximum absolute atomic E-state index is 8.72. The number of aliphatic hydroxyl groups is 1. The molecule has 0 spiro atoms. The third-order valence-corrected chi connectivity index (χ3v) is 2.55. The number of aliphatic hydroxyl groups excluding tert-OH is 1. The predicted octanol–water partition coefficient (Wildman–Crippen LogP) is 0.856. The Hall–Kier alpha value is -1.69. The molecule has 0 saturated heterocycles. The Kier molecular flexibility index (Phi) is 3.53. The predicted molar refractivity (Wildman–Crippen MR) is 60.5 cm³/mol. The lowest BCUT2D eigenvalue weighted by Crippen LogP contribution is -2.00. The van der Waals surface area contributed by atoms with Gasteiger partial charge in [0, 0.05) is 12.8 Å². The van der Waals surface area contributed by atoms with Crippen molar-refractivity contribution in [3.05, 3.63) is 29.2 Å². The fraction of sp³-hybridized carbons (Fsp3) is 0.545. The van der Waals surface area contributed by atoms with Gasteiger partial charge in [-0.3, -0.25) is 0 Å². The molecule has 2 aromatic rings. The van der Waals surface area contributed by atoms with E-state index in [4.69, 9.17) is 9.52 Å². The molecule has 2 rings (SSSR count). The van der Waals surface area contributed by atoms with Gasteiger partial charge in [-0.25, -0.2) is 9.67 Å². The van der Waals surface area contributed by atoms with Crippen LogP contribution < -0.4 is 0 Å².